The monoisotopic (exact) mass is 325 g/mol. The lowest BCUT2D eigenvalue weighted by Crippen LogP contribution is -2.38. The molecule has 1 heterocycles. The van der Waals surface area contributed by atoms with Crippen LogP contribution >= 0.6 is 0 Å². The molecule has 24 heavy (non-hydrogen) atoms. The van der Waals surface area contributed by atoms with Gasteiger partial charge in [0.05, 0.1) is 38.0 Å². The van der Waals surface area contributed by atoms with E-state index in [-0.39, 0.29) is 11.8 Å². The van der Waals surface area contributed by atoms with Gasteiger partial charge in [-0.15, -0.1) is 0 Å². The van der Waals surface area contributed by atoms with Gasteiger partial charge in [0.15, 0.2) is 0 Å². The molecule has 3 rings (SSSR count). The molecule has 0 N–H and O–H groups in total. The highest BCUT2D eigenvalue weighted by molar-refractivity contribution is 6.34. The summed E-state index contributed by atoms with van der Waals surface area (Å²) in [5.74, 6) is 0.160. The molecule has 0 radical (unpaired) electrons. The van der Waals surface area contributed by atoms with Crippen LogP contribution in [0.25, 0.3) is 0 Å². The fourth-order valence-corrected chi connectivity index (χ4v) is 2.55. The van der Waals surface area contributed by atoms with Crippen molar-refractivity contribution in [2.75, 3.05) is 39.2 Å². The summed E-state index contributed by atoms with van der Waals surface area (Å²) in [4.78, 5) is 26.1. The maximum Gasteiger partial charge on any atom is 0.266 e. The Balaban J connectivity index is 1.73. The number of hydrogen-bond donors (Lipinski definition) is 0. The first-order valence-corrected chi connectivity index (χ1v) is 7.88. The van der Waals surface area contributed by atoms with Crippen LogP contribution in [0.4, 0.5) is 5.69 Å². The second-order valence-corrected chi connectivity index (χ2v) is 6.85. The van der Waals surface area contributed by atoms with Gasteiger partial charge in [-0.1, -0.05) is 12.1 Å². The van der Waals surface area contributed by atoms with Gasteiger partial charge in [0.25, 0.3) is 11.8 Å². The van der Waals surface area contributed by atoms with E-state index >= 15 is 0 Å². The van der Waals surface area contributed by atoms with Crippen LogP contribution in [0, 0.1) is 0 Å². The minimum atomic E-state index is -0.283. The van der Waals surface area contributed by atoms with Crippen molar-refractivity contribution in [3.63, 3.8) is 0 Å². The van der Waals surface area contributed by atoms with Gasteiger partial charge in [0, 0.05) is 0 Å². The topological polar surface area (TPSA) is 46.6 Å². The highest BCUT2D eigenvalue weighted by atomic mass is 16.5. The van der Waals surface area contributed by atoms with Crippen molar-refractivity contribution in [1.82, 2.24) is 0 Å². The van der Waals surface area contributed by atoms with E-state index in [1.807, 2.05) is 0 Å². The van der Waals surface area contributed by atoms with Crippen molar-refractivity contribution in [3.05, 3.63) is 59.7 Å². The molecule has 5 heteroatoms. The average molecular weight is 325 g/mol. The third kappa shape index (κ3) is 3.16. The number of carbonyl (C=O) groups excluding carboxylic acids is 2. The molecular weight excluding hydrogens is 304 g/mol. The van der Waals surface area contributed by atoms with Gasteiger partial charge >= 0.3 is 0 Å². The van der Waals surface area contributed by atoms with Crippen LogP contribution in [-0.2, 0) is 0 Å². The summed E-state index contributed by atoms with van der Waals surface area (Å²) >= 11 is 0. The molecule has 0 saturated heterocycles. The Morgan fingerprint density at radius 1 is 0.875 bits per heavy atom. The van der Waals surface area contributed by atoms with Gasteiger partial charge in [-0.3, -0.25) is 9.59 Å². The first kappa shape index (κ1) is 16.2. The highest BCUT2D eigenvalue weighted by Crippen LogP contribution is 2.29. The molecule has 5 nitrogen and oxygen atoms in total. The second-order valence-electron chi connectivity index (χ2n) is 6.85. The summed E-state index contributed by atoms with van der Waals surface area (Å²) in [6.45, 7) is 1.50. The second kappa shape index (κ2) is 6.09. The number of rotatable bonds is 5. The van der Waals surface area contributed by atoms with E-state index in [2.05, 4.69) is 21.1 Å². The Hall–Kier alpha value is -2.66. The van der Waals surface area contributed by atoms with Crippen LogP contribution in [0.3, 0.4) is 0 Å². The lowest BCUT2D eigenvalue weighted by Gasteiger charge is -2.23. The maximum absolute atomic E-state index is 12.4. The summed E-state index contributed by atoms with van der Waals surface area (Å²) < 4.78 is 6.54. The predicted octanol–water partition coefficient (Wildman–Crippen LogP) is 2.57. The normalized spacial score (nSPS) is 14.0. The van der Waals surface area contributed by atoms with Gasteiger partial charge in [-0.05, 0) is 36.4 Å². The SMILES string of the molecule is C[N+](C)(C)CCOc1ccc(N2C(=O)c3ccccc3C2=O)cc1. The predicted molar refractivity (Wildman–Crippen MR) is 92.4 cm³/mol. The number of likely N-dealkylation sites (N-methyl/N-ethyl adjacent to an activating group) is 1. The van der Waals surface area contributed by atoms with Crippen molar-refractivity contribution < 1.29 is 18.8 Å². The van der Waals surface area contributed by atoms with Gasteiger partial charge in [0.1, 0.15) is 18.9 Å². The number of quaternary nitrogens is 1. The molecular formula is C19H21N2O3+. The van der Waals surface area contributed by atoms with Crippen molar-refractivity contribution in [2.24, 2.45) is 0 Å². The zero-order chi connectivity index (χ0) is 17.3. The van der Waals surface area contributed by atoms with Crippen LogP contribution in [0.2, 0.25) is 0 Å². The van der Waals surface area contributed by atoms with Crippen LogP contribution in [0.1, 0.15) is 20.7 Å². The highest BCUT2D eigenvalue weighted by Gasteiger charge is 2.36. The number of ether oxygens (including phenoxy) is 1. The fourth-order valence-electron chi connectivity index (χ4n) is 2.55. The summed E-state index contributed by atoms with van der Waals surface area (Å²) in [6, 6.07) is 13.9. The van der Waals surface area contributed by atoms with E-state index in [4.69, 9.17) is 4.74 Å². The van der Waals surface area contributed by atoms with E-state index in [1.165, 1.54) is 4.90 Å². The van der Waals surface area contributed by atoms with Crippen LogP contribution < -0.4 is 9.64 Å². The van der Waals surface area contributed by atoms with Gasteiger partial charge in [0.2, 0.25) is 0 Å². The summed E-state index contributed by atoms with van der Waals surface area (Å²) in [6.07, 6.45) is 0. The van der Waals surface area contributed by atoms with Crippen LogP contribution in [-0.4, -0.2) is 50.6 Å². The number of hydrogen-bond acceptors (Lipinski definition) is 3. The zero-order valence-electron chi connectivity index (χ0n) is 14.2. The van der Waals surface area contributed by atoms with Crippen LogP contribution in [0.15, 0.2) is 48.5 Å². The first-order valence-electron chi connectivity index (χ1n) is 7.88. The molecule has 0 atom stereocenters. The van der Waals surface area contributed by atoms with Crippen molar-refractivity contribution >= 4 is 17.5 Å². The Kier molecular flexibility index (Phi) is 4.11. The molecule has 0 spiro atoms. The van der Waals surface area contributed by atoms with Crippen molar-refractivity contribution in [1.29, 1.82) is 0 Å². The number of benzene rings is 2. The van der Waals surface area contributed by atoms with E-state index in [1.54, 1.807) is 48.5 Å². The van der Waals surface area contributed by atoms with Crippen LogP contribution in [0.5, 0.6) is 5.75 Å². The Morgan fingerprint density at radius 2 is 1.42 bits per heavy atom. The summed E-state index contributed by atoms with van der Waals surface area (Å²) in [7, 11) is 6.32. The lowest BCUT2D eigenvalue weighted by molar-refractivity contribution is -0.870. The largest absolute Gasteiger partial charge is 0.488 e. The molecule has 124 valence electrons. The maximum atomic E-state index is 12.4. The molecule has 0 bridgehead atoms. The third-order valence-corrected chi connectivity index (χ3v) is 3.92. The molecule has 2 aromatic carbocycles. The van der Waals surface area contributed by atoms with Gasteiger partial charge in [-0.2, -0.15) is 0 Å². The Labute approximate surface area is 141 Å². The minimum absolute atomic E-state index is 0.283. The number of fused-ring (bicyclic) bond motifs is 1. The van der Waals surface area contributed by atoms with E-state index in [0.717, 1.165) is 16.8 Å². The summed E-state index contributed by atoms with van der Waals surface area (Å²) in [5.41, 5.74) is 1.46. The fraction of sp³-hybridized carbons (Fsp3) is 0.263. The standard InChI is InChI=1S/C19H21N2O3/c1-21(2,3)12-13-24-15-10-8-14(9-11-15)20-18(22)16-6-4-5-7-17(16)19(20)23/h4-11H,12-13H2,1-3H3/q+1. The molecule has 1 aliphatic rings. The smallest absolute Gasteiger partial charge is 0.266 e. The molecule has 0 fully saturated rings. The zero-order valence-corrected chi connectivity index (χ0v) is 14.2. The summed E-state index contributed by atoms with van der Waals surface area (Å²) in [5, 5.41) is 0. The molecule has 0 aliphatic carbocycles. The number of imide groups is 1. The number of nitrogens with zero attached hydrogens (tertiary/aromatic N) is 2. The molecule has 1 aliphatic heterocycles. The third-order valence-electron chi connectivity index (χ3n) is 3.92. The Bertz CT molecular complexity index is 741. The van der Waals surface area contributed by atoms with E-state index < -0.39 is 0 Å². The molecule has 2 amide bonds. The first-order chi connectivity index (χ1) is 11.4. The number of amides is 2. The van der Waals surface area contributed by atoms with E-state index in [9.17, 15) is 9.59 Å². The molecule has 2 aromatic rings. The number of carbonyl (C=O) groups is 2. The average Bonchev–Trinajstić information content (AvgIpc) is 2.79. The van der Waals surface area contributed by atoms with Gasteiger partial charge in [-0.25, -0.2) is 4.90 Å². The van der Waals surface area contributed by atoms with Crippen molar-refractivity contribution in [3.8, 4) is 5.75 Å². The van der Waals surface area contributed by atoms with Gasteiger partial charge < -0.3 is 9.22 Å². The van der Waals surface area contributed by atoms with E-state index in [0.29, 0.717) is 23.4 Å². The molecule has 0 aromatic heterocycles. The lowest BCUT2D eigenvalue weighted by atomic mass is 10.1. The number of anilines is 1. The van der Waals surface area contributed by atoms with Crippen molar-refractivity contribution in [2.45, 2.75) is 0 Å². The quantitative estimate of drug-likeness (QED) is 0.627. The Morgan fingerprint density at radius 3 is 1.92 bits per heavy atom. The minimum Gasteiger partial charge on any atom is -0.488 e. The molecule has 0 saturated carbocycles. The molecule has 0 unspecified atom stereocenters.